The first-order valence-electron chi connectivity index (χ1n) is 8.83. The SMILES string of the molecule is Cc1ccc([C@H](C)N2CC[C@](CC(C)(C)O)(C(C)C)OC2=O)cc1. The average Bonchev–Trinajstić information content (AvgIpc) is 2.45. The van der Waals surface area contributed by atoms with E-state index in [9.17, 15) is 9.90 Å². The van der Waals surface area contributed by atoms with E-state index in [0.717, 1.165) is 12.0 Å². The molecule has 1 fully saturated rings. The third-order valence-electron chi connectivity index (χ3n) is 5.11. The number of ether oxygens (including phenoxy) is 1. The second-order valence-corrected chi connectivity index (χ2v) is 8.11. The molecule has 134 valence electrons. The summed E-state index contributed by atoms with van der Waals surface area (Å²) < 4.78 is 5.92. The van der Waals surface area contributed by atoms with Gasteiger partial charge in [-0.05, 0) is 39.2 Å². The van der Waals surface area contributed by atoms with Gasteiger partial charge in [-0.2, -0.15) is 0 Å². The lowest BCUT2D eigenvalue weighted by Gasteiger charge is -2.47. The Hall–Kier alpha value is -1.55. The summed E-state index contributed by atoms with van der Waals surface area (Å²) >= 11 is 0. The predicted molar refractivity (Wildman–Crippen MR) is 95.9 cm³/mol. The zero-order valence-corrected chi connectivity index (χ0v) is 15.8. The standard InChI is InChI=1S/C20H31NO3/c1-14(2)20(13-19(5,6)23)11-12-21(18(22)24-20)16(4)17-9-7-15(3)8-10-17/h7-10,14,16,23H,11-13H2,1-6H3/t16-,20-/m0/s1. The molecule has 1 aliphatic heterocycles. The second kappa shape index (κ2) is 6.75. The van der Waals surface area contributed by atoms with Crippen molar-refractivity contribution in [1.29, 1.82) is 0 Å². The number of rotatable bonds is 5. The van der Waals surface area contributed by atoms with Crippen molar-refractivity contribution >= 4 is 6.09 Å². The van der Waals surface area contributed by atoms with Gasteiger partial charge in [0.15, 0.2) is 0 Å². The molecule has 1 aliphatic rings. The maximum atomic E-state index is 12.7. The average molecular weight is 333 g/mol. The molecule has 0 spiro atoms. The maximum Gasteiger partial charge on any atom is 0.410 e. The number of nitrogens with zero attached hydrogens (tertiary/aromatic N) is 1. The van der Waals surface area contributed by atoms with Crippen LogP contribution in [0.2, 0.25) is 0 Å². The first-order valence-corrected chi connectivity index (χ1v) is 8.83. The number of aryl methyl sites for hydroxylation is 1. The summed E-state index contributed by atoms with van der Waals surface area (Å²) in [7, 11) is 0. The fraction of sp³-hybridized carbons (Fsp3) is 0.650. The van der Waals surface area contributed by atoms with E-state index in [1.807, 2.05) is 6.92 Å². The molecule has 1 aromatic rings. The Bertz CT molecular complexity index is 574. The molecule has 1 N–H and O–H groups in total. The number of carbonyl (C=O) groups is 1. The van der Waals surface area contributed by atoms with E-state index in [1.54, 1.807) is 18.7 Å². The summed E-state index contributed by atoms with van der Waals surface area (Å²) in [6.45, 7) is 12.4. The van der Waals surface area contributed by atoms with Crippen molar-refractivity contribution in [3.63, 3.8) is 0 Å². The summed E-state index contributed by atoms with van der Waals surface area (Å²) in [6.07, 6.45) is 0.902. The minimum atomic E-state index is -0.866. The molecule has 4 nitrogen and oxygen atoms in total. The number of hydrogen-bond acceptors (Lipinski definition) is 3. The third kappa shape index (κ3) is 4.10. The van der Waals surface area contributed by atoms with E-state index in [1.165, 1.54) is 5.56 Å². The largest absolute Gasteiger partial charge is 0.442 e. The lowest BCUT2D eigenvalue weighted by Crippen LogP contribution is -2.55. The van der Waals surface area contributed by atoms with Gasteiger partial charge in [-0.15, -0.1) is 0 Å². The van der Waals surface area contributed by atoms with E-state index in [0.29, 0.717) is 13.0 Å². The van der Waals surface area contributed by atoms with Gasteiger partial charge < -0.3 is 14.7 Å². The molecule has 1 saturated heterocycles. The molecular formula is C20H31NO3. The molecule has 1 amide bonds. The number of benzene rings is 1. The number of amides is 1. The molecule has 0 bridgehead atoms. The topological polar surface area (TPSA) is 49.8 Å². The smallest absolute Gasteiger partial charge is 0.410 e. The number of hydrogen-bond donors (Lipinski definition) is 1. The fourth-order valence-electron chi connectivity index (χ4n) is 3.53. The highest BCUT2D eigenvalue weighted by molar-refractivity contribution is 5.70. The van der Waals surface area contributed by atoms with E-state index in [-0.39, 0.29) is 18.1 Å². The van der Waals surface area contributed by atoms with Crippen LogP contribution in [0.3, 0.4) is 0 Å². The van der Waals surface area contributed by atoms with Crippen molar-refractivity contribution in [2.75, 3.05) is 6.54 Å². The Labute approximate surface area is 145 Å². The van der Waals surface area contributed by atoms with Crippen molar-refractivity contribution in [3.8, 4) is 0 Å². The van der Waals surface area contributed by atoms with Crippen molar-refractivity contribution in [2.45, 2.75) is 71.6 Å². The first-order chi connectivity index (χ1) is 11.0. The van der Waals surface area contributed by atoms with Crippen LogP contribution in [-0.4, -0.2) is 33.8 Å². The molecule has 0 unspecified atom stereocenters. The van der Waals surface area contributed by atoms with Gasteiger partial charge in [0, 0.05) is 19.4 Å². The molecule has 0 radical (unpaired) electrons. The molecule has 0 aliphatic carbocycles. The molecule has 0 saturated carbocycles. The van der Waals surface area contributed by atoms with E-state index >= 15 is 0 Å². The summed E-state index contributed by atoms with van der Waals surface area (Å²) in [6, 6.07) is 8.23. The molecule has 1 heterocycles. The van der Waals surface area contributed by atoms with Crippen molar-refractivity contribution in [2.24, 2.45) is 5.92 Å². The van der Waals surface area contributed by atoms with Crippen LogP contribution >= 0.6 is 0 Å². The van der Waals surface area contributed by atoms with Gasteiger partial charge in [0.25, 0.3) is 0 Å². The summed E-state index contributed by atoms with van der Waals surface area (Å²) in [5, 5.41) is 10.2. The number of cyclic esters (lactones) is 1. The Morgan fingerprint density at radius 3 is 2.29 bits per heavy atom. The van der Waals surface area contributed by atoms with Crippen LogP contribution in [0.4, 0.5) is 4.79 Å². The summed E-state index contributed by atoms with van der Waals surface area (Å²) in [5.41, 5.74) is 0.849. The molecule has 0 aromatic heterocycles. The van der Waals surface area contributed by atoms with Crippen molar-refractivity contribution < 1.29 is 14.6 Å². The van der Waals surface area contributed by atoms with Crippen LogP contribution in [0.5, 0.6) is 0 Å². The minimum Gasteiger partial charge on any atom is -0.442 e. The van der Waals surface area contributed by atoms with Crippen LogP contribution in [0, 0.1) is 12.8 Å². The third-order valence-corrected chi connectivity index (χ3v) is 5.11. The normalized spacial score (nSPS) is 23.3. The molecular weight excluding hydrogens is 302 g/mol. The lowest BCUT2D eigenvalue weighted by molar-refractivity contribution is -0.119. The Balaban J connectivity index is 2.16. The van der Waals surface area contributed by atoms with Crippen molar-refractivity contribution in [3.05, 3.63) is 35.4 Å². The number of carbonyl (C=O) groups excluding carboxylic acids is 1. The zero-order valence-electron chi connectivity index (χ0n) is 15.8. The van der Waals surface area contributed by atoms with E-state index in [2.05, 4.69) is 45.0 Å². The Morgan fingerprint density at radius 2 is 1.83 bits per heavy atom. The molecule has 4 heteroatoms. The highest BCUT2D eigenvalue weighted by Crippen LogP contribution is 2.39. The van der Waals surface area contributed by atoms with Gasteiger partial charge >= 0.3 is 6.09 Å². The summed E-state index contributed by atoms with van der Waals surface area (Å²) in [5.74, 6) is 0.157. The molecule has 24 heavy (non-hydrogen) atoms. The number of aliphatic hydroxyl groups is 1. The van der Waals surface area contributed by atoms with E-state index < -0.39 is 11.2 Å². The predicted octanol–water partition coefficient (Wildman–Crippen LogP) is 4.45. The van der Waals surface area contributed by atoms with E-state index in [4.69, 9.17) is 4.74 Å². The van der Waals surface area contributed by atoms with Crippen LogP contribution in [0.15, 0.2) is 24.3 Å². The zero-order chi connectivity index (χ0) is 18.1. The minimum absolute atomic E-state index is 0.0228. The fourth-order valence-corrected chi connectivity index (χ4v) is 3.53. The van der Waals surface area contributed by atoms with Crippen LogP contribution in [0.1, 0.15) is 64.6 Å². The summed E-state index contributed by atoms with van der Waals surface area (Å²) in [4.78, 5) is 14.5. The Kier molecular flexibility index (Phi) is 5.28. The Morgan fingerprint density at radius 1 is 1.25 bits per heavy atom. The van der Waals surface area contributed by atoms with Gasteiger partial charge in [-0.1, -0.05) is 43.7 Å². The highest BCUT2D eigenvalue weighted by atomic mass is 16.6. The lowest BCUT2D eigenvalue weighted by atomic mass is 9.77. The molecule has 2 rings (SSSR count). The molecule has 2 atom stereocenters. The van der Waals surface area contributed by atoms with Gasteiger partial charge in [0.2, 0.25) is 0 Å². The van der Waals surface area contributed by atoms with Crippen LogP contribution in [0.25, 0.3) is 0 Å². The van der Waals surface area contributed by atoms with Crippen LogP contribution in [-0.2, 0) is 4.74 Å². The van der Waals surface area contributed by atoms with Gasteiger partial charge in [0.05, 0.1) is 11.6 Å². The van der Waals surface area contributed by atoms with Crippen LogP contribution < -0.4 is 0 Å². The second-order valence-electron chi connectivity index (χ2n) is 8.11. The molecule has 1 aromatic carbocycles. The maximum absolute atomic E-state index is 12.7. The van der Waals surface area contributed by atoms with Crippen molar-refractivity contribution in [1.82, 2.24) is 4.90 Å². The highest BCUT2D eigenvalue weighted by Gasteiger charge is 2.47. The van der Waals surface area contributed by atoms with Gasteiger partial charge in [0.1, 0.15) is 5.60 Å². The quantitative estimate of drug-likeness (QED) is 0.866. The monoisotopic (exact) mass is 333 g/mol. The van der Waals surface area contributed by atoms with Gasteiger partial charge in [-0.3, -0.25) is 0 Å². The van der Waals surface area contributed by atoms with Gasteiger partial charge in [-0.25, -0.2) is 4.79 Å². The first kappa shape index (κ1) is 18.8.